The van der Waals surface area contributed by atoms with Gasteiger partial charge in [-0.2, -0.15) is 0 Å². The van der Waals surface area contributed by atoms with E-state index in [1.54, 1.807) is 6.08 Å². The summed E-state index contributed by atoms with van der Waals surface area (Å²) in [6.45, 7) is 8.40. The topological polar surface area (TPSA) is 125 Å². The molecule has 0 saturated carbocycles. The molecule has 7 heteroatoms. The highest BCUT2D eigenvalue weighted by Crippen LogP contribution is 2.19. The zero-order valence-corrected chi connectivity index (χ0v) is 21.8. The van der Waals surface area contributed by atoms with Gasteiger partial charge in [0.1, 0.15) is 0 Å². The molecule has 35 heavy (non-hydrogen) atoms. The Morgan fingerprint density at radius 3 is 2.31 bits per heavy atom. The number of unbranched alkanes of at least 4 members (excludes halogenated alkanes) is 2. The fraction of sp³-hybridized carbons (Fsp3) is 0.571. The van der Waals surface area contributed by atoms with Crippen LogP contribution in [0.25, 0.3) is 0 Å². The van der Waals surface area contributed by atoms with E-state index in [1.165, 1.54) is 6.08 Å². The largest absolute Gasteiger partial charge is 0.388 e. The number of hydrogen-bond acceptors (Lipinski definition) is 4. The zero-order valence-electron chi connectivity index (χ0n) is 21.8. The summed E-state index contributed by atoms with van der Waals surface area (Å²) >= 11 is 0. The van der Waals surface area contributed by atoms with E-state index in [4.69, 9.17) is 11.1 Å². The van der Waals surface area contributed by atoms with Gasteiger partial charge in [-0.25, -0.2) is 0 Å². The molecule has 7 nitrogen and oxygen atoms in total. The summed E-state index contributed by atoms with van der Waals surface area (Å²) in [5.74, 6) is -0.597. The molecule has 0 spiro atoms. The molecule has 0 aromatic heterocycles. The van der Waals surface area contributed by atoms with Crippen molar-refractivity contribution in [3.05, 3.63) is 48.0 Å². The van der Waals surface area contributed by atoms with Gasteiger partial charge >= 0.3 is 0 Å². The molecule has 1 aromatic carbocycles. The molecular weight excluding hydrogens is 440 g/mol. The van der Waals surface area contributed by atoms with E-state index in [0.717, 1.165) is 24.8 Å². The minimum absolute atomic E-state index is 0.0852. The lowest BCUT2D eigenvalue weighted by Crippen LogP contribution is -2.45. The summed E-state index contributed by atoms with van der Waals surface area (Å²) in [4.78, 5) is 38.4. The summed E-state index contributed by atoms with van der Waals surface area (Å²) in [7, 11) is 0. The molecule has 0 aliphatic heterocycles. The molecule has 0 fully saturated rings. The Kier molecular flexibility index (Phi) is 14.3. The summed E-state index contributed by atoms with van der Waals surface area (Å²) in [6, 6.07) is 9.20. The van der Waals surface area contributed by atoms with Gasteiger partial charge in [0.15, 0.2) is 5.78 Å². The number of hydrogen-bond donors (Lipinski definition) is 4. The van der Waals surface area contributed by atoms with Crippen molar-refractivity contribution in [1.82, 2.24) is 10.6 Å². The highest BCUT2D eigenvalue weighted by molar-refractivity contribution is 5.95. The molecule has 2 atom stereocenters. The third-order valence-electron chi connectivity index (χ3n) is 5.77. The summed E-state index contributed by atoms with van der Waals surface area (Å²) in [6.07, 6.45) is 7.70. The van der Waals surface area contributed by atoms with E-state index in [2.05, 4.69) is 10.6 Å². The molecule has 5 N–H and O–H groups in total. The molecule has 0 radical (unpaired) electrons. The third kappa shape index (κ3) is 13.5. The lowest BCUT2D eigenvalue weighted by Gasteiger charge is -2.24. The van der Waals surface area contributed by atoms with Crippen LogP contribution >= 0.6 is 0 Å². The number of amides is 2. The van der Waals surface area contributed by atoms with Crippen molar-refractivity contribution in [2.24, 2.45) is 23.5 Å². The maximum atomic E-state index is 13.1. The second-order valence-electron chi connectivity index (χ2n) is 9.95. The van der Waals surface area contributed by atoms with Crippen LogP contribution in [0.2, 0.25) is 0 Å². The lowest BCUT2D eigenvalue weighted by molar-refractivity contribution is -0.132. The maximum Gasteiger partial charge on any atom is 0.244 e. The molecule has 2 amide bonds. The molecule has 2 unspecified atom stereocenters. The van der Waals surface area contributed by atoms with Crippen LogP contribution in [0.1, 0.15) is 71.8 Å². The normalized spacial score (nSPS) is 13.1. The van der Waals surface area contributed by atoms with Gasteiger partial charge in [-0.15, -0.1) is 0 Å². The second-order valence-corrected chi connectivity index (χ2v) is 9.95. The number of ketones is 1. The van der Waals surface area contributed by atoms with Crippen LogP contribution in [0.4, 0.5) is 0 Å². The average Bonchev–Trinajstić information content (AvgIpc) is 2.79. The predicted molar refractivity (Wildman–Crippen MR) is 142 cm³/mol. The number of carbonyl (C=O) groups excluding carboxylic acids is 3. The van der Waals surface area contributed by atoms with E-state index >= 15 is 0 Å². The smallest absolute Gasteiger partial charge is 0.244 e. The first-order valence-corrected chi connectivity index (χ1v) is 12.7. The Bertz CT molecular complexity index is 834. The fourth-order valence-electron chi connectivity index (χ4n) is 3.93. The first-order valence-electron chi connectivity index (χ1n) is 12.7. The molecule has 0 aliphatic rings. The van der Waals surface area contributed by atoms with Crippen LogP contribution in [0, 0.1) is 23.2 Å². The highest BCUT2D eigenvalue weighted by atomic mass is 16.2. The van der Waals surface area contributed by atoms with Crippen molar-refractivity contribution in [3.63, 3.8) is 0 Å². The van der Waals surface area contributed by atoms with Crippen molar-refractivity contribution in [2.45, 2.75) is 78.7 Å². The number of benzene rings is 1. The van der Waals surface area contributed by atoms with Gasteiger partial charge in [-0.1, -0.05) is 70.5 Å². The van der Waals surface area contributed by atoms with Crippen LogP contribution in [0.15, 0.2) is 42.5 Å². The van der Waals surface area contributed by atoms with Gasteiger partial charge in [-0.3, -0.25) is 19.8 Å². The van der Waals surface area contributed by atoms with Crippen LogP contribution < -0.4 is 16.4 Å². The monoisotopic (exact) mass is 484 g/mol. The van der Waals surface area contributed by atoms with Crippen molar-refractivity contribution >= 4 is 23.4 Å². The van der Waals surface area contributed by atoms with Crippen molar-refractivity contribution in [1.29, 1.82) is 5.41 Å². The van der Waals surface area contributed by atoms with E-state index in [-0.39, 0.29) is 41.7 Å². The van der Waals surface area contributed by atoms with Gasteiger partial charge in [0, 0.05) is 25.3 Å². The van der Waals surface area contributed by atoms with E-state index < -0.39 is 12.0 Å². The van der Waals surface area contributed by atoms with Gasteiger partial charge in [0.05, 0.1) is 11.9 Å². The molecule has 0 aliphatic carbocycles. The number of rotatable bonds is 17. The van der Waals surface area contributed by atoms with E-state index in [0.29, 0.717) is 25.8 Å². The summed E-state index contributed by atoms with van der Waals surface area (Å²) in [5, 5.41) is 13.1. The Labute approximate surface area is 210 Å². The van der Waals surface area contributed by atoms with Gasteiger partial charge in [-0.05, 0) is 49.2 Å². The quantitative estimate of drug-likeness (QED) is 0.115. The zero-order chi connectivity index (χ0) is 26.2. The molecule has 194 valence electrons. The Morgan fingerprint density at radius 2 is 1.71 bits per heavy atom. The number of Topliss-reactive ketones (excluding diaryl/α,β-unsaturated/α-hetero) is 1. The summed E-state index contributed by atoms with van der Waals surface area (Å²) in [5.41, 5.74) is 6.47. The average molecular weight is 485 g/mol. The number of nitrogens with two attached hydrogens (primary N) is 1. The molecule has 1 aromatic rings. The van der Waals surface area contributed by atoms with Gasteiger partial charge < -0.3 is 16.4 Å². The van der Waals surface area contributed by atoms with Gasteiger partial charge in [0.25, 0.3) is 0 Å². The van der Waals surface area contributed by atoms with Crippen LogP contribution in [-0.2, 0) is 20.8 Å². The predicted octanol–water partition coefficient (Wildman–Crippen LogP) is 4.16. The Hall–Kier alpha value is -2.96. The SMILES string of the molecule is CC(C)CC(CC(=O)C(NC(=O)/C=C/Cc1ccccc1)C(C)C)C(=O)NCCCCCC(=N)N. The molecule has 0 heterocycles. The molecule has 0 bridgehead atoms. The third-order valence-corrected chi connectivity index (χ3v) is 5.77. The number of nitrogens with one attached hydrogen (secondary N) is 3. The fourth-order valence-corrected chi connectivity index (χ4v) is 3.93. The van der Waals surface area contributed by atoms with Crippen molar-refractivity contribution < 1.29 is 14.4 Å². The van der Waals surface area contributed by atoms with Crippen LogP contribution in [-0.4, -0.2) is 36.0 Å². The minimum Gasteiger partial charge on any atom is -0.388 e. The van der Waals surface area contributed by atoms with Crippen molar-refractivity contribution in [2.75, 3.05) is 6.54 Å². The Morgan fingerprint density at radius 1 is 1.03 bits per heavy atom. The first-order chi connectivity index (χ1) is 16.6. The maximum absolute atomic E-state index is 13.1. The molecular formula is C28H44N4O3. The van der Waals surface area contributed by atoms with E-state index in [1.807, 2.05) is 58.0 Å². The van der Waals surface area contributed by atoms with Crippen LogP contribution in [0.3, 0.4) is 0 Å². The first kappa shape index (κ1) is 30.1. The number of allylic oxidation sites excluding steroid dienone is 1. The number of carbonyl (C=O) groups is 3. The van der Waals surface area contributed by atoms with E-state index in [9.17, 15) is 14.4 Å². The molecule has 1 rings (SSSR count). The van der Waals surface area contributed by atoms with Gasteiger partial charge in [0.2, 0.25) is 11.8 Å². The lowest BCUT2D eigenvalue weighted by atomic mass is 9.87. The summed E-state index contributed by atoms with van der Waals surface area (Å²) < 4.78 is 0. The second kappa shape index (κ2) is 16.6. The minimum atomic E-state index is -0.641. The Balaban J connectivity index is 2.64. The van der Waals surface area contributed by atoms with Crippen LogP contribution in [0.5, 0.6) is 0 Å². The number of amidine groups is 1. The highest BCUT2D eigenvalue weighted by Gasteiger charge is 2.29. The standard InChI is InChI=1S/C28H44N4O3/c1-20(2)18-23(28(35)31-17-10-6-9-15-25(29)30)19-24(33)27(21(3)4)32-26(34)16-11-14-22-12-7-5-8-13-22/h5,7-8,11-13,16,20-21,23,27H,6,9-10,14-15,17-19H2,1-4H3,(H3,29,30)(H,31,35)(H,32,34)/b16-11+. The molecule has 0 saturated heterocycles. The van der Waals surface area contributed by atoms with Crippen molar-refractivity contribution in [3.8, 4) is 0 Å².